The highest BCUT2D eigenvalue weighted by molar-refractivity contribution is 7.88. The number of nitrogens with one attached hydrogen (secondary N) is 1. The molecule has 0 aromatic heterocycles. The molecule has 1 saturated heterocycles. The van der Waals surface area contributed by atoms with Crippen molar-refractivity contribution in [2.45, 2.75) is 38.1 Å². The van der Waals surface area contributed by atoms with Crippen LogP contribution < -0.4 is 5.32 Å². The van der Waals surface area contributed by atoms with Crippen LogP contribution in [-0.4, -0.2) is 54.6 Å². The molecule has 1 saturated carbocycles. The van der Waals surface area contributed by atoms with Gasteiger partial charge in [-0.25, -0.2) is 17.5 Å². The van der Waals surface area contributed by atoms with Crippen LogP contribution in [0.25, 0.3) is 0 Å². The number of sulfonamides is 1. The van der Waals surface area contributed by atoms with E-state index in [1.165, 1.54) is 4.31 Å². The third kappa shape index (κ3) is 3.55. The zero-order chi connectivity index (χ0) is 15.8. The van der Waals surface area contributed by atoms with Crippen molar-refractivity contribution in [3.63, 3.8) is 0 Å². The molecule has 0 spiro atoms. The number of rotatable bonds is 5. The first-order valence-electron chi connectivity index (χ1n) is 7.15. The molecule has 1 aliphatic heterocycles. The van der Waals surface area contributed by atoms with Gasteiger partial charge < -0.3 is 10.4 Å². The van der Waals surface area contributed by atoms with Crippen molar-refractivity contribution in [2.75, 3.05) is 19.3 Å². The van der Waals surface area contributed by atoms with Crippen LogP contribution in [0.2, 0.25) is 0 Å². The van der Waals surface area contributed by atoms with Gasteiger partial charge in [0.25, 0.3) is 0 Å². The normalized spacial score (nSPS) is 24.3. The predicted octanol–water partition coefficient (Wildman–Crippen LogP) is 0.0275. The van der Waals surface area contributed by atoms with Crippen molar-refractivity contribution in [2.24, 2.45) is 11.8 Å². The fourth-order valence-corrected chi connectivity index (χ4v) is 3.67. The van der Waals surface area contributed by atoms with Gasteiger partial charge in [0, 0.05) is 19.0 Å². The molecule has 1 atom stereocenters. The van der Waals surface area contributed by atoms with E-state index in [1.807, 2.05) is 0 Å². The maximum atomic E-state index is 12.3. The molecule has 8 heteroatoms. The second-order valence-corrected chi connectivity index (χ2v) is 8.19. The molecule has 21 heavy (non-hydrogen) atoms. The number of hydrogen-bond donors (Lipinski definition) is 2. The zero-order valence-electron chi connectivity index (χ0n) is 12.3. The van der Waals surface area contributed by atoms with Crippen LogP contribution in [0.4, 0.5) is 0 Å². The first-order valence-corrected chi connectivity index (χ1v) is 9.00. The monoisotopic (exact) mass is 318 g/mol. The summed E-state index contributed by atoms with van der Waals surface area (Å²) in [5, 5.41) is 12.0. The average molecular weight is 318 g/mol. The van der Waals surface area contributed by atoms with Gasteiger partial charge in [0.2, 0.25) is 15.9 Å². The number of nitrogens with zero attached hydrogens (tertiary/aromatic N) is 1. The summed E-state index contributed by atoms with van der Waals surface area (Å²) in [4.78, 5) is 23.7. The Bertz CT molecular complexity index is 535. The summed E-state index contributed by atoms with van der Waals surface area (Å²) in [6, 6.07) is 0. The van der Waals surface area contributed by atoms with Gasteiger partial charge in [-0.1, -0.05) is 0 Å². The van der Waals surface area contributed by atoms with Crippen molar-refractivity contribution >= 4 is 21.9 Å². The molecule has 0 bridgehead atoms. The minimum Gasteiger partial charge on any atom is -0.480 e. The molecule has 0 radical (unpaired) electrons. The fraction of sp³-hybridized carbons (Fsp3) is 0.846. The quantitative estimate of drug-likeness (QED) is 0.744. The fourth-order valence-electron chi connectivity index (χ4n) is 2.80. The Kier molecular flexibility index (Phi) is 4.30. The lowest BCUT2D eigenvalue weighted by Crippen LogP contribution is -2.56. The lowest BCUT2D eigenvalue weighted by atomic mass is 9.92. The minimum absolute atomic E-state index is 0.00458. The number of carboxylic acid groups (broad SMARTS) is 1. The smallest absolute Gasteiger partial charge is 0.329 e. The molecular weight excluding hydrogens is 296 g/mol. The van der Waals surface area contributed by atoms with Crippen LogP contribution in [0.15, 0.2) is 0 Å². The molecule has 120 valence electrons. The average Bonchev–Trinajstić information content (AvgIpc) is 3.22. The van der Waals surface area contributed by atoms with Crippen LogP contribution in [0.1, 0.15) is 32.6 Å². The van der Waals surface area contributed by atoms with E-state index in [0.29, 0.717) is 25.9 Å². The predicted molar refractivity (Wildman–Crippen MR) is 76.0 cm³/mol. The van der Waals surface area contributed by atoms with Gasteiger partial charge in [-0.15, -0.1) is 0 Å². The van der Waals surface area contributed by atoms with Crippen LogP contribution in [0, 0.1) is 11.8 Å². The van der Waals surface area contributed by atoms with Gasteiger partial charge in [0.15, 0.2) is 0 Å². The molecule has 7 nitrogen and oxygen atoms in total. The molecule has 0 aromatic carbocycles. The third-order valence-electron chi connectivity index (χ3n) is 4.51. The highest BCUT2D eigenvalue weighted by Gasteiger charge is 2.49. The first kappa shape index (κ1) is 16.2. The van der Waals surface area contributed by atoms with E-state index >= 15 is 0 Å². The van der Waals surface area contributed by atoms with E-state index in [2.05, 4.69) is 5.32 Å². The van der Waals surface area contributed by atoms with E-state index < -0.39 is 21.5 Å². The number of amides is 1. The lowest BCUT2D eigenvalue weighted by molar-refractivity contribution is -0.148. The molecule has 1 aliphatic carbocycles. The number of carbonyl (C=O) groups excluding carboxylic acids is 1. The molecular formula is C13H22N2O5S. The van der Waals surface area contributed by atoms with Gasteiger partial charge in [-0.05, 0) is 38.5 Å². The van der Waals surface area contributed by atoms with E-state index in [4.69, 9.17) is 0 Å². The van der Waals surface area contributed by atoms with Gasteiger partial charge in [-0.3, -0.25) is 4.79 Å². The van der Waals surface area contributed by atoms with E-state index in [9.17, 15) is 23.1 Å². The number of hydrogen-bond acceptors (Lipinski definition) is 4. The van der Waals surface area contributed by atoms with Crippen molar-refractivity contribution in [3.05, 3.63) is 0 Å². The van der Waals surface area contributed by atoms with Crippen molar-refractivity contribution in [1.29, 1.82) is 0 Å². The lowest BCUT2D eigenvalue weighted by Gasteiger charge is -2.32. The number of carboxylic acids is 1. The van der Waals surface area contributed by atoms with Gasteiger partial charge >= 0.3 is 5.97 Å². The van der Waals surface area contributed by atoms with Crippen molar-refractivity contribution < 1.29 is 23.1 Å². The van der Waals surface area contributed by atoms with Crippen LogP contribution >= 0.6 is 0 Å². The topological polar surface area (TPSA) is 104 Å². The molecule has 1 heterocycles. The summed E-state index contributed by atoms with van der Waals surface area (Å²) in [5.41, 5.74) is -1.20. The molecule has 2 fully saturated rings. The van der Waals surface area contributed by atoms with E-state index in [-0.39, 0.29) is 17.7 Å². The zero-order valence-corrected chi connectivity index (χ0v) is 13.1. The second kappa shape index (κ2) is 5.57. The van der Waals surface area contributed by atoms with Gasteiger partial charge in [-0.2, -0.15) is 0 Å². The SMILES string of the molecule is CC(NC(=O)C1CCN(S(C)(=O)=O)CC1)(C(=O)O)C1CC1. The Hall–Kier alpha value is -1.15. The largest absolute Gasteiger partial charge is 0.480 e. The van der Waals surface area contributed by atoms with Gasteiger partial charge in [0.1, 0.15) is 5.54 Å². The Morgan fingerprint density at radius 3 is 2.10 bits per heavy atom. The number of carbonyl (C=O) groups is 2. The Balaban J connectivity index is 1.95. The van der Waals surface area contributed by atoms with Crippen LogP contribution in [0.3, 0.4) is 0 Å². The summed E-state index contributed by atoms with van der Waals surface area (Å²) < 4.78 is 24.2. The first-order chi connectivity index (χ1) is 9.64. The Morgan fingerprint density at radius 2 is 1.71 bits per heavy atom. The summed E-state index contributed by atoms with van der Waals surface area (Å²) in [7, 11) is -3.22. The summed E-state index contributed by atoms with van der Waals surface area (Å²) in [6.45, 7) is 2.17. The number of piperidine rings is 1. The Labute approximate surface area is 124 Å². The second-order valence-electron chi connectivity index (χ2n) is 6.21. The maximum absolute atomic E-state index is 12.3. The Morgan fingerprint density at radius 1 is 1.19 bits per heavy atom. The van der Waals surface area contributed by atoms with Crippen LogP contribution in [0.5, 0.6) is 0 Å². The standard InChI is InChI=1S/C13H22N2O5S/c1-13(12(17)18,10-3-4-10)14-11(16)9-5-7-15(8-6-9)21(2,19)20/h9-10H,3-8H2,1-2H3,(H,14,16)(H,17,18). The summed E-state index contributed by atoms with van der Waals surface area (Å²) >= 11 is 0. The molecule has 1 amide bonds. The highest BCUT2D eigenvalue weighted by atomic mass is 32.2. The third-order valence-corrected chi connectivity index (χ3v) is 5.82. The maximum Gasteiger partial charge on any atom is 0.329 e. The highest BCUT2D eigenvalue weighted by Crippen LogP contribution is 2.40. The van der Waals surface area contributed by atoms with E-state index in [0.717, 1.165) is 19.1 Å². The van der Waals surface area contributed by atoms with E-state index in [1.54, 1.807) is 6.92 Å². The molecule has 2 aliphatic rings. The molecule has 1 unspecified atom stereocenters. The van der Waals surface area contributed by atoms with Crippen LogP contribution in [-0.2, 0) is 19.6 Å². The summed E-state index contributed by atoms with van der Waals surface area (Å²) in [5.74, 6) is -1.61. The molecule has 2 rings (SSSR count). The van der Waals surface area contributed by atoms with Crippen molar-refractivity contribution in [3.8, 4) is 0 Å². The summed E-state index contributed by atoms with van der Waals surface area (Å²) in [6.07, 6.45) is 3.64. The van der Waals surface area contributed by atoms with Gasteiger partial charge in [0.05, 0.1) is 6.26 Å². The number of aliphatic carboxylic acids is 1. The molecule has 2 N–H and O–H groups in total. The van der Waals surface area contributed by atoms with Crippen molar-refractivity contribution in [1.82, 2.24) is 9.62 Å². The molecule has 0 aromatic rings. The minimum atomic E-state index is -3.22.